The summed E-state index contributed by atoms with van der Waals surface area (Å²) in [7, 11) is 0. The second-order valence-corrected chi connectivity index (χ2v) is 7.98. The van der Waals surface area contributed by atoms with Gasteiger partial charge in [0.25, 0.3) is 0 Å². The van der Waals surface area contributed by atoms with E-state index in [9.17, 15) is 0 Å². The fourth-order valence-electron chi connectivity index (χ4n) is 3.56. The van der Waals surface area contributed by atoms with Crippen LogP contribution in [-0.2, 0) is 6.54 Å². The first-order chi connectivity index (χ1) is 12.2. The molecule has 1 atom stereocenters. The Morgan fingerprint density at radius 3 is 2.92 bits per heavy atom. The summed E-state index contributed by atoms with van der Waals surface area (Å²) in [6.45, 7) is 0.786. The summed E-state index contributed by atoms with van der Waals surface area (Å²) in [5.74, 6) is 0. The van der Waals surface area contributed by atoms with Gasteiger partial charge in [-0.05, 0) is 47.5 Å². The van der Waals surface area contributed by atoms with E-state index in [0.29, 0.717) is 0 Å². The standard InChI is InChI=1S/C20H14Cl2N2S/c21-14-5-3-13-10-23-20(17-2-1-7-24(17)18(13)9-14)12-4-6-19-15(8-12)16(22)11-25-19/h1-9,11,20,23H,10H2. The topological polar surface area (TPSA) is 17.0 Å². The molecule has 1 N–H and O–H groups in total. The lowest BCUT2D eigenvalue weighted by molar-refractivity contribution is 0.601. The van der Waals surface area contributed by atoms with Crippen molar-refractivity contribution in [1.82, 2.24) is 9.88 Å². The van der Waals surface area contributed by atoms with Crippen molar-refractivity contribution in [3.05, 3.63) is 87.0 Å². The molecule has 0 aliphatic carbocycles. The van der Waals surface area contributed by atoms with Crippen molar-refractivity contribution in [1.29, 1.82) is 0 Å². The van der Waals surface area contributed by atoms with Gasteiger partial charge in [-0.25, -0.2) is 0 Å². The van der Waals surface area contributed by atoms with Crippen LogP contribution in [0.15, 0.2) is 60.1 Å². The van der Waals surface area contributed by atoms with Crippen LogP contribution in [-0.4, -0.2) is 4.57 Å². The highest BCUT2D eigenvalue weighted by molar-refractivity contribution is 7.17. The number of aromatic nitrogens is 1. The normalized spacial score (nSPS) is 16.5. The van der Waals surface area contributed by atoms with Gasteiger partial charge in [-0.15, -0.1) is 11.3 Å². The number of hydrogen-bond donors (Lipinski definition) is 1. The minimum absolute atomic E-state index is 0.0987. The Kier molecular flexibility index (Phi) is 3.64. The van der Waals surface area contributed by atoms with Gasteiger partial charge in [0.05, 0.1) is 16.8 Å². The van der Waals surface area contributed by atoms with E-state index in [-0.39, 0.29) is 6.04 Å². The summed E-state index contributed by atoms with van der Waals surface area (Å²) < 4.78 is 3.44. The monoisotopic (exact) mass is 384 g/mol. The number of halogens is 2. The van der Waals surface area contributed by atoms with Crippen LogP contribution >= 0.6 is 34.5 Å². The molecule has 1 aliphatic rings. The highest BCUT2D eigenvalue weighted by atomic mass is 35.5. The lowest BCUT2D eigenvalue weighted by atomic mass is 10.0. The third-order valence-electron chi connectivity index (χ3n) is 4.76. The highest BCUT2D eigenvalue weighted by Crippen LogP contribution is 2.36. The molecule has 0 amide bonds. The van der Waals surface area contributed by atoms with Gasteiger partial charge in [-0.2, -0.15) is 0 Å². The van der Waals surface area contributed by atoms with Crippen molar-refractivity contribution < 1.29 is 0 Å². The molecule has 5 rings (SSSR count). The van der Waals surface area contributed by atoms with Gasteiger partial charge in [0, 0.05) is 38.9 Å². The number of hydrogen-bond acceptors (Lipinski definition) is 2. The van der Waals surface area contributed by atoms with Gasteiger partial charge in [-0.1, -0.05) is 35.3 Å². The zero-order valence-electron chi connectivity index (χ0n) is 13.2. The molecular weight excluding hydrogens is 371 g/mol. The molecule has 25 heavy (non-hydrogen) atoms. The van der Waals surface area contributed by atoms with E-state index in [1.54, 1.807) is 11.3 Å². The smallest absolute Gasteiger partial charge is 0.0737 e. The van der Waals surface area contributed by atoms with Gasteiger partial charge in [-0.3, -0.25) is 0 Å². The van der Waals surface area contributed by atoms with Crippen LogP contribution in [0.2, 0.25) is 10.0 Å². The largest absolute Gasteiger partial charge is 0.319 e. The zero-order valence-corrected chi connectivity index (χ0v) is 15.5. The Balaban J connectivity index is 1.68. The SMILES string of the molecule is Clc1ccc2c(c1)-n1cccc1C(c1ccc3scc(Cl)c3c1)NC2. The number of benzene rings is 2. The number of thiophene rings is 1. The minimum atomic E-state index is 0.0987. The first-order valence-electron chi connectivity index (χ1n) is 8.07. The number of nitrogens with one attached hydrogen (secondary N) is 1. The van der Waals surface area contributed by atoms with Crippen molar-refractivity contribution >= 4 is 44.6 Å². The van der Waals surface area contributed by atoms with E-state index < -0.39 is 0 Å². The first-order valence-corrected chi connectivity index (χ1v) is 9.70. The fourth-order valence-corrected chi connectivity index (χ4v) is 4.87. The molecule has 4 aromatic rings. The first kappa shape index (κ1) is 15.5. The van der Waals surface area contributed by atoms with Crippen LogP contribution in [0.5, 0.6) is 0 Å². The van der Waals surface area contributed by atoms with E-state index in [0.717, 1.165) is 27.7 Å². The summed E-state index contributed by atoms with van der Waals surface area (Å²) in [5, 5.41) is 8.38. The molecule has 0 saturated carbocycles. The number of nitrogens with zero attached hydrogens (tertiary/aromatic N) is 1. The molecular formula is C20H14Cl2N2S. The van der Waals surface area contributed by atoms with E-state index in [4.69, 9.17) is 23.2 Å². The Morgan fingerprint density at radius 2 is 2.00 bits per heavy atom. The van der Waals surface area contributed by atoms with Crippen molar-refractivity contribution in [3.63, 3.8) is 0 Å². The van der Waals surface area contributed by atoms with Gasteiger partial charge >= 0.3 is 0 Å². The molecule has 0 spiro atoms. The van der Waals surface area contributed by atoms with E-state index in [2.05, 4.69) is 52.5 Å². The van der Waals surface area contributed by atoms with Gasteiger partial charge in [0.15, 0.2) is 0 Å². The lowest BCUT2D eigenvalue weighted by Gasteiger charge is -2.18. The molecule has 1 aliphatic heterocycles. The summed E-state index contributed by atoms with van der Waals surface area (Å²) in [6.07, 6.45) is 2.10. The molecule has 1 unspecified atom stereocenters. The predicted octanol–water partition coefficient (Wildman–Crippen LogP) is 6.19. The van der Waals surface area contributed by atoms with Crippen LogP contribution < -0.4 is 5.32 Å². The zero-order chi connectivity index (χ0) is 17.0. The van der Waals surface area contributed by atoms with Crippen molar-refractivity contribution in [2.75, 3.05) is 0 Å². The third kappa shape index (κ3) is 2.51. The Bertz CT molecular complexity index is 1100. The molecule has 5 heteroatoms. The van der Waals surface area contributed by atoms with Crippen LogP contribution in [0.4, 0.5) is 0 Å². The van der Waals surface area contributed by atoms with Gasteiger partial charge < -0.3 is 9.88 Å². The van der Waals surface area contributed by atoms with Gasteiger partial charge in [0.1, 0.15) is 0 Å². The van der Waals surface area contributed by atoms with Crippen molar-refractivity contribution in [2.24, 2.45) is 0 Å². The summed E-state index contributed by atoms with van der Waals surface area (Å²) in [6, 6.07) is 17.0. The second-order valence-electron chi connectivity index (χ2n) is 6.23. The maximum absolute atomic E-state index is 6.36. The van der Waals surface area contributed by atoms with Crippen LogP contribution in [0.25, 0.3) is 15.8 Å². The minimum Gasteiger partial charge on any atom is -0.319 e. The van der Waals surface area contributed by atoms with E-state index in [1.165, 1.54) is 21.5 Å². The Morgan fingerprint density at radius 1 is 1.08 bits per heavy atom. The van der Waals surface area contributed by atoms with Crippen LogP contribution in [0, 0.1) is 0 Å². The van der Waals surface area contributed by atoms with Crippen LogP contribution in [0.1, 0.15) is 22.9 Å². The molecule has 0 radical (unpaired) electrons. The molecule has 2 nitrogen and oxygen atoms in total. The summed E-state index contributed by atoms with van der Waals surface area (Å²) in [5.41, 5.74) is 4.79. The fraction of sp³-hybridized carbons (Fsp3) is 0.100. The molecule has 0 bridgehead atoms. The molecule has 0 saturated heterocycles. The summed E-state index contributed by atoms with van der Waals surface area (Å²) in [4.78, 5) is 0. The third-order valence-corrected chi connectivity index (χ3v) is 6.40. The van der Waals surface area contributed by atoms with E-state index >= 15 is 0 Å². The number of rotatable bonds is 1. The summed E-state index contributed by atoms with van der Waals surface area (Å²) >= 11 is 14.3. The Labute approximate surface area is 159 Å². The maximum atomic E-state index is 6.36. The second kappa shape index (κ2) is 5.89. The van der Waals surface area contributed by atoms with Gasteiger partial charge in [0.2, 0.25) is 0 Å². The number of fused-ring (bicyclic) bond motifs is 4. The van der Waals surface area contributed by atoms with E-state index in [1.807, 2.05) is 17.5 Å². The van der Waals surface area contributed by atoms with Crippen molar-refractivity contribution in [3.8, 4) is 5.69 Å². The average molecular weight is 385 g/mol. The highest BCUT2D eigenvalue weighted by Gasteiger charge is 2.23. The lowest BCUT2D eigenvalue weighted by Crippen LogP contribution is -2.21. The molecule has 124 valence electrons. The van der Waals surface area contributed by atoms with Crippen molar-refractivity contribution in [2.45, 2.75) is 12.6 Å². The Hall–Kier alpha value is -1.78. The molecule has 0 fully saturated rings. The van der Waals surface area contributed by atoms with Crippen LogP contribution in [0.3, 0.4) is 0 Å². The quantitative estimate of drug-likeness (QED) is 0.413. The molecule has 2 aromatic carbocycles. The molecule has 3 heterocycles. The average Bonchev–Trinajstić information content (AvgIpc) is 3.20. The maximum Gasteiger partial charge on any atom is 0.0737 e. The molecule has 2 aromatic heterocycles. The predicted molar refractivity (Wildman–Crippen MR) is 106 cm³/mol.